The molecule has 1 aliphatic heterocycles. The fourth-order valence-corrected chi connectivity index (χ4v) is 4.34. The fraction of sp³-hybridized carbons (Fsp3) is 0.364. The lowest BCUT2D eigenvalue weighted by Crippen LogP contribution is -2.46. The van der Waals surface area contributed by atoms with Crippen LogP contribution < -0.4 is 14.9 Å². The fourth-order valence-electron chi connectivity index (χ4n) is 3.23. The number of benzene rings is 2. The largest absolute Gasteiger partial charge is 0.497 e. The van der Waals surface area contributed by atoms with Crippen LogP contribution in [0.5, 0.6) is 11.5 Å². The van der Waals surface area contributed by atoms with Crippen LogP contribution in [-0.2, 0) is 9.59 Å². The summed E-state index contributed by atoms with van der Waals surface area (Å²) in [5.41, 5.74) is 5.35. The van der Waals surface area contributed by atoms with Crippen LogP contribution in [0.2, 0.25) is 0 Å². The average molecular weight is 444 g/mol. The van der Waals surface area contributed by atoms with E-state index in [1.54, 1.807) is 26.2 Å². The number of amides is 2. The predicted octanol–water partition coefficient (Wildman–Crippen LogP) is 4.21. The van der Waals surface area contributed by atoms with Gasteiger partial charge in [-0.3, -0.25) is 15.0 Å². The summed E-state index contributed by atoms with van der Waals surface area (Å²) in [6, 6.07) is 10.7. The molecule has 2 amide bonds. The molecule has 1 aliphatic rings. The molecule has 0 radical (unpaired) electrons. The average Bonchev–Trinajstić information content (AvgIpc) is 3.12. The number of nitrogens with one attached hydrogen (secondary N) is 1. The number of carbonyl (C=O) groups is 2. The van der Waals surface area contributed by atoms with E-state index < -0.39 is 5.91 Å². The first kappa shape index (κ1) is 22.6. The first-order chi connectivity index (χ1) is 14.8. The Morgan fingerprint density at radius 3 is 2.61 bits per heavy atom. The number of hydrogen-bond acceptors (Lipinski definition) is 7. The molecule has 0 bridgehead atoms. The summed E-state index contributed by atoms with van der Waals surface area (Å²) in [4.78, 5) is 35.9. The van der Waals surface area contributed by atoms with Crippen LogP contribution in [0.1, 0.15) is 41.8 Å². The molecule has 0 aliphatic carbocycles. The quantitative estimate of drug-likeness (QED) is 0.614. The third-order valence-corrected chi connectivity index (χ3v) is 6.13. The van der Waals surface area contributed by atoms with Crippen LogP contribution in [0.4, 0.5) is 5.69 Å². The molecule has 9 heteroatoms. The van der Waals surface area contributed by atoms with Crippen molar-refractivity contribution in [3.8, 4) is 11.5 Å². The lowest BCUT2D eigenvalue weighted by molar-refractivity contribution is -0.140. The summed E-state index contributed by atoms with van der Waals surface area (Å²) >= 11 is 1.43. The Labute approximate surface area is 185 Å². The van der Waals surface area contributed by atoms with E-state index in [-0.39, 0.29) is 29.6 Å². The van der Waals surface area contributed by atoms with Crippen LogP contribution in [0.15, 0.2) is 41.6 Å². The summed E-state index contributed by atoms with van der Waals surface area (Å²) in [5.74, 6) is 0.959. The van der Waals surface area contributed by atoms with Gasteiger partial charge in [0.05, 0.1) is 12.9 Å². The molecule has 1 unspecified atom stereocenters. The van der Waals surface area contributed by atoms with Crippen LogP contribution in [0, 0.1) is 11.8 Å². The van der Waals surface area contributed by atoms with Crippen molar-refractivity contribution in [2.75, 3.05) is 19.5 Å². The van der Waals surface area contributed by atoms with Crippen LogP contribution in [-0.4, -0.2) is 36.3 Å². The number of hydrazine groups is 1. The molecule has 31 heavy (non-hydrogen) atoms. The Hall–Kier alpha value is -3.07. The minimum absolute atomic E-state index is 0.0789. The van der Waals surface area contributed by atoms with E-state index in [0.717, 1.165) is 11.1 Å². The maximum absolute atomic E-state index is 12.6. The minimum Gasteiger partial charge on any atom is -0.497 e. The van der Waals surface area contributed by atoms with E-state index in [9.17, 15) is 14.5 Å². The molecule has 1 saturated heterocycles. The number of nitrogens with zero attached hydrogens (tertiary/aromatic N) is 2. The summed E-state index contributed by atoms with van der Waals surface area (Å²) in [6.45, 7) is 5.42. The summed E-state index contributed by atoms with van der Waals surface area (Å²) < 4.78 is 10.9. The molecule has 0 saturated carbocycles. The second-order valence-corrected chi connectivity index (χ2v) is 8.51. The molecule has 1 N–H and O–H groups in total. The lowest BCUT2D eigenvalue weighted by atomic mass is 9.99. The van der Waals surface area contributed by atoms with E-state index in [4.69, 9.17) is 9.47 Å². The van der Waals surface area contributed by atoms with E-state index in [0.29, 0.717) is 22.7 Å². The van der Waals surface area contributed by atoms with Crippen LogP contribution in [0.25, 0.3) is 0 Å². The predicted molar refractivity (Wildman–Crippen MR) is 119 cm³/mol. The van der Waals surface area contributed by atoms with E-state index in [1.165, 1.54) is 16.8 Å². The number of aryl methyl sites for hydroxylation is 1. The molecule has 164 valence electrons. The van der Waals surface area contributed by atoms with Crippen molar-refractivity contribution in [2.45, 2.75) is 32.1 Å². The third kappa shape index (κ3) is 5.16. The second-order valence-electron chi connectivity index (χ2n) is 7.45. The highest BCUT2D eigenvalue weighted by atomic mass is 32.2. The molecule has 1 atom stereocenters. The molecular formula is C22H25N3O5S. The van der Waals surface area contributed by atoms with Gasteiger partial charge in [-0.1, -0.05) is 26.0 Å². The molecule has 3 rings (SSSR count). The number of rotatable bonds is 8. The van der Waals surface area contributed by atoms with Gasteiger partial charge in [-0.25, -0.2) is 5.01 Å². The number of thioether (sulfide) groups is 1. The van der Waals surface area contributed by atoms with E-state index >= 15 is 0 Å². The van der Waals surface area contributed by atoms with Gasteiger partial charge in [0.15, 0.2) is 6.61 Å². The maximum atomic E-state index is 12.6. The number of carbonyl (C=O) groups excluding carboxylic acids is 2. The molecule has 1 heterocycles. The lowest BCUT2D eigenvalue weighted by Gasteiger charge is -2.25. The topological polar surface area (TPSA) is 97.3 Å². The van der Waals surface area contributed by atoms with Gasteiger partial charge in [0.25, 0.3) is 11.8 Å². The maximum Gasteiger partial charge on any atom is 0.276 e. The van der Waals surface area contributed by atoms with Gasteiger partial charge in [0.1, 0.15) is 22.6 Å². The second kappa shape index (κ2) is 9.82. The van der Waals surface area contributed by atoms with Gasteiger partial charge < -0.3 is 9.47 Å². The van der Waals surface area contributed by atoms with Crippen molar-refractivity contribution >= 4 is 29.3 Å². The number of nitroso groups, excluding NO2 is 1. The zero-order valence-electron chi connectivity index (χ0n) is 17.9. The highest BCUT2D eigenvalue weighted by Crippen LogP contribution is 2.38. The van der Waals surface area contributed by atoms with Gasteiger partial charge in [0, 0.05) is 0 Å². The van der Waals surface area contributed by atoms with Crippen molar-refractivity contribution in [1.29, 1.82) is 0 Å². The first-order valence-electron chi connectivity index (χ1n) is 9.81. The van der Waals surface area contributed by atoms with Gasteiger partial charge in [-0.2, -0.15) is 0 Å². The zero-order chi connectivity index (χ0) is 22.5. The number of ether oxygens (including phenoxy) is 2. The minimum atomic E-state index is -0.445. The summed E-state index contributed by atoms with van der Waals surface area (Å²) in [7, 11) is 1.59. The standard InChI is InChI=1S/C22H25N3O5S/c1-13(2)17-10-18(24-28)14(3)9-19(17)30-11-20(26)23-25-21(27)12-31-22(25)15-5-7-16(29-4)8-6-15/h5-10,13,22H,11-12H2,1-4H3,(H,23,26). The Bertz CT molecular complexity index is 978. The van der Waals surface area contributed by atoms with Gasteiger partial charge in [-0.15, -0.1) is 16.7 Å². The number of methoxy groups -OCH3 is 1. The van der Waals surface area contributed by atoms with Crippen molar-refractivity contribution < 1.29 is 19.1 Å². The monoisotopic (exact) mass is 443 g/mol. The first-order valence-corrected chi connectivity index (χ1v) is 10.9. The van der Waals surface area contributed by atoms with Gasteiger partial charge in [0.2, 0.25) is 0 Å². The van der Waals surface area contributed by atoms with Gasteiger partial charge in [-0.05, 0) is 59.0 Å². The van der Waals surface area contributed by atoms with Crippen molar-refractivity contribution in [3.63, 3.8) is 0 Å². The summed E-state index contributed by atoms with van der Waals surface area (Å²) in [6.07, 6.45) is 0. The Morgan fingerprint density at radius 2 is 2.00 bits per heavy atom. The molecule has 0 spiro atoms. The highest BCUT2D eigenvalue weighted by Gasteiger charge is 2.34. The van der Waals surface area contributed by atoms with E-state index in [2.05, 4.69) is 10.6 Å². The highest BCUT2D eigenvalue weighted by molar-refractivity contribution is 8.00. The molecule has 2 aromatic carbocycles. The van der Waals surface area contributed by atoms with Crippen molar-refractivity contribution in [2.24, 2.45) is 5.18 Å². The SMILES string of the molecule is COc1ccc(C2SCC(=O)N2NC(=O)COc2cc(C)c(N=O)cc2C(C)C)cc1. The van der Waals surface area contributed by atoms with Gasteiger partial charge >= 0.3 is 0 Å². The zero-order valence-corrected chi connectivity index (χ0v) is 18.7. The normalized spacial score (nSPS) is 15.8. The Morgan fingerprint density at radius 1 is 1.29 bits per heavy atom. The molecule has 0 aromatic heterocycles. The smallest absolute Gasteiger partial charge is 0.276 e. The Balaban J connectivity index is 1.69. The number of hydrogen-bond donors (Lipinski definition) is 1. The van der Waals surface area contributed by atoms with E-state index in [1.807, 2.05) is 38.1 Å². The molecule has 8 nitrogen and oxygen atoms in total. The van der Waals surface area contributed by atoms with Crippen molar-refractivity contribution in [1.82, 2.24) is 10.4 Å². The van der Waals surface area contributed by atoms with Crippen molar-refractivity contribution in [3.05, 3.63) is 58.0 Å². The summed E-state index contributed by atoms with van der Waals surface area (Å²) in [5, 5.41) is 4.05. The van der Waals surface area contributed by atoms with Crippen LogP contribution >= 0.6 is 11.8 Å². The molecular weight excluding hydrogens is 418 g/mol. The third-order valence-electron chi connectivity index (χ3n) is 4.92. The van der Waals surface area contributed by atoms with Crippen LogP contribution in [0.3, 0.4) is 0 Å². The molecule has 2 aromatic rings. The molecule has 1 fully saturated rings. The Kier molecular flexibility index (Phi) is 7.17.